The predicted octanol–water partition coefficient (Wildman–Crippen LogP) is 1.17. The summed E-state index contributed by atoms with van der Waals surface area (Å²) >= 11 is 0. The predicted molar refractivity (Wildman–Crippen MR) is 68.1 cm³/mol. The summed E-state index contributed by atoms with van der Waals surface area (Å²) < 4.78 is 16.1. The maximum atomic E-state index is 12.0. The van der Waals surface area contributed by atoms with E-state index in [2.05, 4.69) is 5.32 Å². The number of carbonyl (C=O) groups excluding carboxylic acids is 1. The fraction of sp³-hybridized carbons (Fsp3) is 0.923. The lowest BCUT2D eigenvalue weighted by atomic mass is 9.89. The summed E-state index contributed by atoms with van der Waals surface area (Å²) in [6.45, 7) is 8.77. The molecule has 5 nitrogen and oxygen atoms in total. The van der Waals surface area contributed by atoms with Gasteiger partial charge in [0.25, 0.3) is 0 Å². The first-order chi connectivity index (χ1) is 8.69. The van der Waals surface area contributed by atoms with Crippen molar-refractivity contribution in [2.45, 2.75) is 33.5 Å². The number of amides is 1. The zero-order chi connectivity index (χ0) is 13.4. The van der Waals surface area contributed by atoms with E-state index >= 15 is 0 Å². The molecule has 1 fully saturated rings. The smallest absolute Gasteiger partial charge is 0.223 e. The normalized spacial score (nSPS) is 24.2. The van der Waals surface area contributed by atoms with Crippen molar-refractivity contribution >= 4 is 5.91 Å². The molecular weight excluding hydrogens is 234 g/mol. The topological polar surface area (TPSA) is 56.8 Å². The van der Waals surface area contributed by atoms with Gasteiger partial charge in [0, 0.05) is 32.3 Å². The zero-order valence-electron chi connectivity index (χ0n) is 11.6. The van der Waals surface area contributed by atoms with E-state index in [0.717, 1.165) is 6.42 Å². The van der Waals surface area contributed by atoms with E-state index in [0.29, 0.717) is 33.0 Å². The summed E-state index contributed by atoms with van der Waals surface area (Å²) in [5.41, 5.74) is 0. The minimum atomic E-state index is -0.348. The standard InChI is InChI=1S/C13H25NO4/c1-4-17-12(18-5-2)8-14-13(15)11-6-7-16-9-10(11)3/h10-12H,4-9H2,1-3H3,(H,14,15). The van der Waals surface area contributed by atoms with Gasteiger partial charge in [-0.1, -0.05) is 6.92 Å². The van der Waals surface area contributed by atoms with E-state index in [1.54, 1.807) is 0 Å². The van der Waals surface area contributed by atoms with Gasteiger partial charge in [-0.25, -0.2) is 0 Å². The Kier molecular flexibility index (Phi) is 7.23. The van der Waals surface area contributed by atoms with Crippen LogP contribution in [0.2, 0.25) is 0 Å². The second kappa shape index (κ2) is 8.45. The zero-order valence-corrected chi connectivity index (χ0v) is 11.6. The number of rotatable bonds is 7. The molecular formula is C13H25NO4. The molecule has 0 aromatic heterocycles. The maximum absolute atomic E-state index is 12.0. The molecule has 1 rings (SSSR count). The number of carbonyl (C=O) groups is 1. The molecule has 0 aromatic rings. The van der Waals surface area contributed by atoms with Crippen molar-refractivity contribution in [3.63, 3.8) is 0 Å². The summed E-state index contributed by atoms with van der Waals surface area (Å²) in [4.78, 5) is 12.0. The first-order valence-corrected chi connectivity index (χ1v) is 6.77. The van der Waals surface area contributed by atoms with Crippen LogP contribution in [0, 0.1) is 11.8 Å². The van der Waals surface area contributed by atoms with Crippen molar-refractivity contribution in [3.05, 3.63) is 0 Å². The minimum Gasteiger partial charge on any atom is -0.381 e. The van der Waals surface area contributed by atoms with E-state index in [1.807, 2.05) is 20.8 Å². The molecule has 1 aliphatic rings. The van der Waals surface area contributed by atoms with E-state index in [9.17, 15) is 4.79 Å². The molecule has 1 N–H and O–H groups in total. The van der Waals surface area contributed by atoms with Crippen molar-refractivity contribution in [2.75, 3.05) is 33.0 Å². The second-order valence-electron chi connectivity index (χ2n) is 4.53. The van der Waals surface area contributed by atoms with E-state index < -0.39 is 0 Å². The Hall–Kier alpha value is -0.650. The Bertz CT molecular complexity index is 241. The minimum absolute atomic E-state index is 0.0441. The average molecular weight is 259 g/mol. The molecule has 2 unspecified atom stereocenters. The lowest BCUT2D eigenvalue weighted by Crippen LogP contribution is -2.42. The Morgan fingerprint density at radius 3 is 2.61 bits per heavy atom. The molecule has 18 heavy (non-hydrogen) atoms. The van der Waals surface area contributed by atoms with Crippen LogP contribution in [-0.4, -0.2) is 45.2 Å². The van der Waals surface area contributed by atoms with Gasteiger partial charge in [-0.15, -0.1) is 0 Å². The second-order valence-corrected chi connectivity index (χ2v) is 4.53. The van der Waals surface area contributed by atoms with Gasteiger partial charge in [-0.05, 0) is 26.2 Å². The number of nitrogens with one attached hydrogen (secondary N) is 1. The lowest BCUT2D eigenvalue weighted by molar-refractivity contribution is -0.144. The Balaban J connectivity index is 2.33. The molecule has 0 aromatic carbocycles. The van der Waals surface area contributed by atoms with Crippen LogP contribution in [0.1, 0.15) is 27.2 Å². The van der Waals surface area contributed by atoms with Crippen molar-refractivity contribution in [1.29, 1.82) is 0 Å². The molecule has 0 radical (unpaired) electrons. The number of hydrogen-bond donors (Lipinski definition) is 1. The molecule has 1 aliphatic heterocycles. The Labute approximate surface area is 109 Å². The monoisotopic (exact) mass is 259 g/mol. The Morgan fingerprint density at radius 2 is 2.06 bits per heavy atom. The quantitative estimate of drug-likeness (QED) is 0.697. The number of hydrogen-bond acceptors (Lipinski definition) is 4. The molecule has 2 atom stereocenters. The van der Waals surface area contributed by atoms with Gasteiger partial charge < -0.3 is 19.5 Å². The fourth-order valence-electron chi connectivity index (χ4n) is 2.12. The lowest BCUT2D eigenvalue weighted by Gasteiger charge is -2.28. The largest absolute Gasteiger partial charge is 0.381 e. The van der Waals surface area contributed by atoms with E-state index in [1.165, 1.54) is 0 Å². The van der Waals surface area contributed by atoms with Crippen LogP contribution >= 0.6 is 0 Å². The van der Waals surface area contributed by atoms with Crippen LogP contribution in [0.5, 0.6) is 0 Å². The third-order valence-corrected chi connectivity index (χ3v) is 3.13. The molecule has 0 saturated carbocycles. The van der Waals surface area contributed by atoms with E-state index in [-0.39, 0.29) is 24.0 Å². The maximum Gasteiger partial charge on any atom is 0.223 e. The van der Waals surface area contributed by atoms with Crippen LogP contribution in [0.25, 0.3) is 0 Å². The van der Waals surface area contributed by atoms with Crippen LogP contribution in [0.15, 0.2) is 0 Å². The third kappa shape index (κ3) is 4.92. The summed E-state index contributed by atoms with van der Waals surface area (Å²) in [6.07, 6.45) is 0.445. The van der Waals surface area contributed by atoms with Gasteiger partial charge in [0.05, 0.1) is 6.54 Å². The van der Waals surface area contributed by atoms with Gasteiger partial charge in [0.2, 0.25) is 5.91 Å². The van der Waals surface area contributed by atoms with Gasteiger partial charge in [-0.2, -0.15) is 0 Å². The average Bonchev–Trinajstić information content (AvgIpc) is 2.36. The highest BCUT2D eigenvalue weighted by molar-refractivity contribution is 5.79. The van der Waals surface area contributed by atoms with Crippen molar-refractivity contribution in [2.24, 2.45) is 11.8 Å². The summed E-state index contributed by atoms with van der Waals surface area (Å²) in [5.74, 6) is 0.397. The highest BCUT2D eigenvalue weighted by atomic mass is 16.7. The van der Waals surface area contributed by atoms with Gasteiger partial charge in [0.1, 0.15) is 0 Å². The summed E-state index contributed by atoms with van der Waals surface area (Å²) in [5, 5.41) is 2.91. The molecule has 1 heterocycles. The summed E-state index contributed by atoms with van der Waals surface area (Å²) in [7, 11) is 0. The molecule has 0 aliphatic carbocycles. The molecule has 0 bridgehead atoms. The SMILES string of the molecule is CCOC(CNC(=O)C1CCOCC1C)OCC. The fourth-order valence-corrected chi connectivity index (χ4v) is 2.12. The molecule has 106 valence electrons. The van der Waals surface area contributed by atoms with Gasteiger partial charge in [0.15, 0.2) is 6.29 Å². The van der Waals surface area contributed by atoms with Crippen molar-refractivity contribution < 1.29 is 19.0 Å². The van der Waals surface area contributed by atoms with Crippen molar-refractivity contribution in [1.82, 2.24) is 5.32 Å². The first-order valence-electron chi connectivity index (χ1n) is 6.77. The van der Waals surface area contributed by atoms with Crippen LogP contribution in [-0.2, 0) is 19.0 Å². The third-order valence-electron chi connectivity index (χ3n) is 3.13. The van der Waals surface area contributed by atoms with Gasteiger partial charge in [-0.3, -0.25) is 4.79 Å². The van der Waals surface area contributed by atoms with Crippen LogP contribution in [0.3, 0.4) is 0 Å². The number of ether oxygens (including phenoxy) is 3. The first kappa shape index (κ1) is 15.4. The van der Waals surface area contributed by atoms with E-state index in [4.69, 9.17) is 14.2 Å². The highest BCUT2D eigenvalue weighted by Crippen LogP contribution is 2.21. The van der Waals surface area contributed by atoms with Crippen LogP contribution in [0.4, 0.5) is 0 Å². The van der Waals surface area contributed by atoms with Gasteiger partial charge >= 0.3 is 0 Å². The van der Waals surface area contributed by atoms with Crippen molar-refractivity contribution in [3.8, 4) is 0 Å². The molecule has 5 heteroatoms. The molecule has 0 spiro atoms. The molecule has 1 amide bonds. The summed E-state index contributed by atoms with van der Waals surface area (Å²) in [6, 6.07) is 0. The molecule has 1 saturated heterocycles. The Morgan fingerprint density at radius 1 is 1.39 bits per heavy atom. The van der Waals surface area contributed by atoms with Crippen LogP contribution < -0.4 is 5.32 Å². The highest BCUT2D eigenvalue weighted by Gasteiger charge is 2.28.